The number of hydrogen-bond donors (Lipinski definition) is 2. The molecule has 0 saturated heterocycles. The molecule has 0 spiro atoms. The molecule has 4 aliphatic rings. The summed E-state index contributed by atoms with van der Waals surface area (Å²) < 4.78 is 0. The lowest BCUT2D eigenvalue weighted by Gasteiger charge is -2.62. The normalized spacial score (nSPS) is 42.6. The van der Waals surface area contributed by atoms with Crippen LogP contribution in [0.2, 0.25) is 0 Å². The maximum absolute atomic E-state index is 11.4. The molecule has 0 aromatic rings. The number of fused-ring (bicyclic) bond motifs is 5. The molecular weight excluding hydrogens is 404 g/mol. The second-order valence-corrected chi connectivity index (χ2v) is 13.4. The molecule has 0 radical (unpaired) electrons. The van der Waals surface area contributed by atoms with E-state index in [0.29, 0.717) is 11.8 Å². The molecule has 2 nitrogen and oxygen atoms in total. The van der Waals surface area contributed by atoms with E-state index < -0.39 is 0 Å². The number of rotatable bonds is 8. The van der Waals surface area contributed by atoms with Crippen molar-refractivity contribution in [1.82, 2.24) is 0 Å². The predicted octanol–water partition coefficient (Wildman–Crippen LogP) is 7.98. The number of unbranched alkanes of at least 4 members (excludes halogenated alkanes) is 5. The van der Waals surface area contributed by atoms with Crippen molar-refractivity contribution in [3.8, 4) is 0 Å². The predicted molar refractivity (Wildman–Crippen MR) is 139 cm³/mol. The molecule has 2 heteroatoms. The molecule has 4 rings (SSSR count). The summed E-state index contributed by atoms with van der Waals surface area (Å²) >= 11 is 0. The standard InChI is InChI=1S/C31H52O2/c1-7-8-9-10-11-12-13-23-16-21-31(22(2)32)25-14-15-26-28(3,4)27(33)18-19-29(26,5)24(25)17-20-30(23,31)6/h14,17,22-23,26-27,32-33H,7-13,15-16,18-21H2,1-6H3/t22?,23-,26?,27-,29+,30+,31+/m0/s1. The number of aliphatic hydroxyl groups excluding tert-OH is 2. The Bertz CT molecular complexity index is 776. The van der Waals surface area contributed by atoms with E-state index in [2.05, 4.69) is 53.7 Å². The van der Waals surface area contributed by atoms with Crippen LogP contribution in [0.4, 0.5) is 0 Å². The van der Waals surface area contributed by atoms with Gasteiger partial charge in [0.1, 0.15) is 0 Å². The Hall–Kier alpha value is -0.600. The third-order valence-electron chi connectivity index (χ3n) is 11.6. The van der Waals surface area contributed by atoms with Crippen LogP contribution >= 0.6 is 0 Å². The van der Waals surface area contributed by atoms with E-state index in [1.54, 1.807) is 0 Å². The molecule has 4 aliphatic carbocycles. The summed E-state index contributed by atoms with van der Waals surface area (Å²) in [6.07, 6.45) is 20.6. The molecule has 0 bridgehead atoms. The van der Waals surface area contributed by atoms with E-state index in [-0.39, 0.29) is 33.9 Å². The van der Waals surface area contributed by atoms with Gasteiger partial charge in [0.15, 0.2) is 0 Å². The smallest absolute Gasteiger partial charge is 0.0614 e. The summed E-state index contributed by atoms with van der Waals surface area (Å²) in [6.45, 7) is 13.9. The van der Waals surface area contributed by atoms with Crippen molar-refractivity contribution in [2.24, 2.45) is 33.5 Å². The number of allylic oxidation sites excluding steroid dienone is 3. The van der Waals surface area contributed by atoms with Gasteiger partial charge >= 0.3 is 0 Å². The first kappa shape index (κ1) is 25.5. The molecule has 0 aromatic heterocycles. The zero-order valence-electron chi connectivity index (χ0n) is 22.6. The third kappa shape index (κ3) is 3.72. The van der Waals surface area contributed by atoms with Gasteiger partial charge in [-0.25, -0.2) is 0 Å². The van der Waals surface area contributed by atoms with E-state index in [9.17, 15) is 10.2 Å². The van der Waals surface area contributed by atoms with Crippen LogP contribution in [0.3, 0.4) is 0 Å². The highest BCUT2D eigenvalue weighted by atomic mass is 16.3. The van der Waals surface area contributed by atoms with Crippen LogP contribution in [-0.4, -0.2) is 22.4 Å². The molecule has 2 unspecified atom stereocenters. The molecule has 2 N–H and O–H groups in total. The lowest BCUT2D eigenvalue weighted by Crippen LogP contribution is -2.56. The molecule has 2 saturated carbocycles. The molecule has 188 valence electrons. The van der Waals surface area contributed by atoms with Crippen LogP contribution in [0.5, 0.6) is 0 Å². The molecule has 7 atom stereocenters. The quantitative estimate of drug-likeness (QED) is 0.363. The van der Waals surface area contributed by atoms with Crippen molar-refractivity contribution in [1.29, 1.82) is 0 Å². The van der Waals surface area contributed by atoms with Crippen LogP contribution in [0.15, 0.2) is 23.3 Å². The van der Waals surface area contributed by atoms with Crippen LogP contribution in [0.25, 0.3) is 0 Å². The summed E-state index contributed by atoms with van der Waals surface area (Å²) in [5.74, 6) is 1.19. The fourth-order valence-corrected chi connectivity index (χ4v) is 9.36. The second kappa shape index (κ2) is 9.12. The Morgan fingerprint density at radius 1 is 0.939 bits per heavy atom. The first-order valence-corrected chi connectivity index (χ1v) is 14.3. The van der Waals surface area contributed by atoms with E-state index >= 15 is 0 Å². The van der Waals surface area contributed by atoms with Crippen molar-refractivity contribution >= 4 is 0 Å². The van der Waals surface area contributed by atoms with Crippen molar-refractivity contribution in [2.75, 3.05) is 0 Å². The minimum atomic E-state index is -0.311. The van der Waals surface area contributed by atoms with Gasteiger partial charge in [0.25, 0.3) is 0 Å². The number of aliphatic hydroxyl groups is 2. The van der Waals surface area contributed by atoms with Gasteiger partial charge in [-0.1, -0.05) is 85.3 Å². The highest BCUT2D eigenvalue weighted by molar-refractivity contribution is 5.51. The lowest BCUT2D eigenvalue weighted by molar-refractivity contribution is -0.0904. The highest BCUT2D eigenvalue weighted by Crippen LogP contribution is 2.72. The Morgan fingerprint density at radius 3 is 2.33 bits per heavy atom. The van der Waals surface area contributed by atoms with Gasteiger partial charge < -0.3 is 10.2 Å². The minimum absolute atomic E-state index is 0.0649. The van der Waals surface area contributed by atoms with Crippen molar-refractivity contribution in [3.05, 3.63) is 23.3 Å². The topological polar surface area (TPSA) is 40.5 Å². The molecule has 0 amide bonds. The van der Waals surface area contributed by atoms with Crippen LogP contribution in [0, 0.1) is 33.5 Å². The van der Waals surface area contributed by atoms with Gasteiger partial charge in [0.05, 0.1) is 12.2 Å². The molecule has 0 heterocycles. The van der Waals surface area contributed by atoms with Crippen LogP contribution < -0.4 is 0 Å². The maximum Gasteiger partial charge on any atom is 0.0614 e. The zero-order chi connectivity index (χ0) is 24.1. The van der Waals surface area contributed by atoms with Gasteiger partial charge in [0.2, 0.25) is 0 Å². The first-order chi connectivity index (χ1) is 15.6. The van der Waals surface area contributed by atoms with Gasteiger partial charge in [-0.15, -0.1) is 0 Å². The average Bonchev–Trinajstić information content (AvgIpc) is 3.07. The van der Waals surface area contributed by atoms with Crippen molar-refractivity contribution in [2.45, 2.75) is 137 Å². The maximum atomic E-state index is 11.4. The Labute approximate surface area is 204 Å². The highest BCUT2D eigenvalue weighted by Gasteiger charge is 2.65. The summed E-state index contributed by atoms with van der Waals surface area (Å²) in [6, 6.07) is 0. The SMILES string of the molecule is CCCCCCCC[C@H]1CC[C@@]2(C(C)O)C3=CCC4C(C)(C)[C@@H](O)CC[C@]4(C)C3=CC[C@]12C. The van der Waals surface area contributed by atoms with Crippen LogP contribution in [0.1, 0.15) is 125 Å². The molecule has 33 heavy (non-hydrogen) atoms. The number of hydrogen-bond acceptors (Lipinski definition) is 2. The van der Waals surface area contributed by atoms with E-state index in [1.165, 1.54) is 62.5 Å². The minimum Gasteiger partial charge on any atom is -0.393 e. The van der Waals surface area contributed by atoms with Gasteiger partial charge in [-0.3, -0.25) is 0 Å². The van der Waals surface area contributed by atoms with Gasteiger partial charge in [-0.2, -0.15) is 0 Å². The monoisotopic (exact) mass is 456 g/mol. The Kier molecular flexibility index (Phi) is 7.05. The first-order valence-electron chi connectivity index (χ1n) is 14.3. The summed E-state index contributed by atoms with van der Waals surface area (Å²) in [5.41, 5.74) is 3.16. The molecule has 0 aromatic carbocycles. The van der Waals surface area contributed by atoms with Crippen molar-refractivity contribution < 1.29 is 10.2 Å². The second-order valence-electron chi connectivity index (χ2n) is 13.4. The average molecular weight is 457 g/mol. The lowest BCUT2D eigenvalue weighted by atomic mass is 9.43. The fraction of sp³-hybridized carbons (Fsp3) is 0.871. The van der Waals surface area contributed by atoms with E-state index in [0.717, 1.165) is 32.1 Å². The summed E-state index contributed by atoms with van der Waals surface area (Å²) in [5, 5.41) is 22.3. The van der Waals surface area contributed by atoms with Gasteiger partial charge in [0, 0.05) is 5.41 Å². The van der Waals surface area contributed by atoms with Gasteiger partial charge in [-0.05, 0) is 91.1 Å². The molecule has 2 fully saturated rings. The fourth-order valence-electron chi connectivity index (χ4n) is 9.36. The Morgan fingerprint density at radius 2 is 1.64 bits per heavy atom. The van der Waals surface area contributed by atoms with E-state index in [4.69, 9.17) is 0 Å². The summed E-state index contributed by atoms with van der Waals surface area (Å²) in [7, 11) is 0. The molecular formula is C31H52O2. The summed E-state index contributed by atoms with van der Waals surface area (Å²) in [4.78, 5) is 0. The Balaban J connectivity index is 1.62. The molecule has 0 aliphatic heterocycles. The van der Waals surface area contributed by atoms with Crippen LogP contribution in [-0.2, 0) is 0 Å². The largest absolute Gasteiger partial charge is 0.393 e. The van der Waals surface area contributed by atoms with E-state index in [1.807, 2.05) is 0 Å². The van der Waals surface area contributed by atoms with Crippen molar-refractivity contribution in [3.63, 3.8) is 0 Å². The zero-order valence-corrected chi connectivity index (χ0v) is 22.6. The third-order valence-corrected chi connectivity index (χ3v) is 11.6.